The van der Waals surface area contributed by atoms with Crippen LogP contribution in [-0.2, 0) is 17.9 Å². The Morgan fingerprint density at radius 1 is 1.00 bits per heavy atom. The van der Waals surface area contributed by atoms with E-state index < -0.39 is 11.6 Å². The zero-order chi connectivity index (χ0) is 29.4. The zero-order valence-electron chi connectivity index (χ0n) is 23.4. The van der Waals surface area contributed by atoms with Crippen LogP contribution in [0.15, 0.2) is 84.0 Å². The highest BCUT2D eigenvalue weighted by atomic mass is 19.2. The molecule has 2 aromatic rings. The summed E-state index contributed by atoms with van der Waals surface area (Å²) in [5, 5.41) is 13.7. The highest BCUT2D eigenvalue weighted by Gasteiger charge is 2.29. The Hall–Kier alpha value is -3.78. The first kappa shape index (κ1) is 30.2. The Labute approximate surface area is 239 Å². The van der Waals surface area contributed by atoms with Crippen LogP contribution < -0.4 is 5.32 Å². The van der Waals surface area contributed by atoms with Crippen LogP contribution in [-0.4, -0.2) is 71.0 Å². The number of piperidine rings is 1. The molecule has 2 aliphatic heterocycles. The number of piperazine rings is 1. The number of aliphatic hydroxyl groups excluding tert-OH is 1. The van der Waals surface area contributed by atoms with Gasteiger partial charge in [0.15, 0.2) is 11.6 Å². The van der Waals surface area contributed by atoms with Gasteiger partial charge in [0.25, 0.3) is 5.91 Å². The van der Waals surface area contributed by atoms with Gasteiger partial charge in [0.05, 0.1) is 0 Å². The predicted octanol–water partition coefficient (Wildman–Crippen LogP) is 5.06. The van der Waals surface area contributed by atoms with Crippen molar-refractivity contribution in [2.75, 3.05) is 39.3 Å². The van der Waals surface area contributed by atoms with Crippen molar-refractivity contribution in [3.63, 3.8) is 0 Å². The second kappa shape index (κ2) is 14.2. The molecule has 0 radical (unpaired) electrons. The molecule has 0 aromatic heterocycles. The van der Waals surface area contributed by atoms with E-state index >= 15 is 0 Å². The Bertz CT molecular complexity index is 1320. The van der Waals surface area contributed by atoms with Gasteiger partial charge in [-0.3, -0.25) is 14.6 Å². The molecule has 41 heavy (non-hydrogen) atoms. The molecule has 4 rings (SSSR count). The molecule has 0 unspecified atom stereocenters. The van der Waals surface area contributed by atoms with Crippen molar-refractivity contribution in [1.29, 1.82) is 0 Å². The van der Waals surface area contributed by atoms with Crippen LogP contribution in [0.25, 0.3) is 0 Å². The summed E-state index contributed by atoms with van der Waals surface area (Å²) < 4.78 is 39.9. The molecule has 218 valence electrons. The summed E-state index contributed by atoms with van der Waals surface area (Å²) in [5.74, 6) is -2.40. The Morgan fingerprint density at radius 2 is 1.66 bits per heavy atom. The highest BCUT2D eigenvalue weighted by molar-refractivity contribution is 5.96. The molecule has 0 spiro atoms. The lowest BCUT2D eigenvalue weighted by molar-refractivity contribution is -0.117. The van der Waals surface area contributed by atoms with Crippen LogP contribution in [0.4, 0.5) is 13.2 Å². The number of hydrogen-bond acceptors (Lipinski definition) is 5. The first-order valence-corrected chi connectivity index (χ1v) is 13.9. The molecule has 0 aliphatic carbocycles. The fraction of sp³-hybridized carbons (Fsp3) is 0.375. The smallest absolute Gasteiger partial charge is 0.251 e. The van der Waals surface area contributed by atoms with Crippen molar-refractivity contribution in [3.05, 3.63) is 113 Å². The molecule has 2 N–H and O–H groups in total. The molecular formula is C32H37F3N4O2. The molecule has 2 aromatic carbocycles. The van der Waals surface area contributed by atoms with Gasteiger partial charge >= 0.3 is 0 Å². The van der Waals surface area contributed by atoms with Crippen LogP contribution in [0.5, 0.6) is 0 Å². The standard InChI is InChI=1S/C32H37F3N4O2/c1-3-25(32(41)36-21-23-5-8-26(33)9-6-23)20-31(40)30(4-2)39-17-15-38(16-18-39)27-11-13-37(14-12-27)22-24-7-10-28(34)29(35)19-24/h3,5-10,19-20,27,40H,2,11-18,21-22H2,1H3,(H,36,41)/b25-3+,31-20+. The summed E-state index contributed by atoms with van der Waals surface area (Å²) in [5.41, 5.74) is 5.13. The number of hydrogen-bond donors (Lipinski definition) is 2. The zero-order valence-corrected chi connectivity index (χ0v) is 23.4. The number of carbonyl (C=O) groups is 1. The van der Waals surface area contributed by atoms with Gasteiger partial charge in [-0.1, -0.05) is 36.6 Å². The second-order valence-corrected chi connectivity index (χ2v) is 10.4. The number of carbonyl (C=O) groups excluding carboxylic acids is 1. The molecule has 0 atom stereocenters. The maximum Gasteiger partial charge on any atom is 0.251 e. The minimum atomic E-state index is -0.823. The molecule has 2 saturated heterocycles. The van der Waals surface area contributed by atoms with Crippen molar-refractivity contribution in [3.8, 4) is 0 Å². The summed E-state index contributed by atoms with van der Waals surface area (Å²) in [6.07, 6.45) is 5.03. The van der Waals surface area contributed by atoms with Crippen LogP contribution in [0.2, 0.25) is 0 Å². The van der Waals surface area contributed by atoms with Crippen molar-refractivity contribution < 1.29 is 23.1 Å². The normalized spacial score (nSPS) is 17.8. The third kappa shape index (κ3) is 8.13. The van der Waals surface area contributed by atoms with Crippen molar-refractivity contribution >= 4 is 5.91 Å². The monoisotopic (exact) mass is 566 g/mol. The highest BCUT2D eigenvalue weighted by Crippen LogP contribution is 2.23. The number of likely N-dealkylation sites (tertiary alicyclic amines) is 1. The number of halogens is 3. The van der Waals surface area contributed by atoms with E-state index in [2.05, 4.69) is 27.4 Å². The summed E-state index contributed by atoms with van der Waals surface area (Å²) in [6.45, 7) is 11.1. The van der Waals surface area contributed by atoms with Gasteiger partial charge in [0.2, 0.25) is 0 Å². The topological polar surface area (TPSA) is 59.1 Å². The predicted molar refractivity (Wildman–Crippen MR) is 153 cm³/mol. The van der Waals surface area contributed by atoms with Gasteiger partial charge in [-0.15, -0.1) is 0 Å². The summed E-state index contributed by atoms with van der Waals surface area (Å²) in [4.78, 5) is 19.5. The lowest BCUT2D eigenvalue weighted by atomic mass is 10.0. The average molecular weight is 567 g/mol. The van der Waals surface area contributed by atoms with Gasteiger partial charge in [0, 0.05) is 50.9 Å². The Morgan fingerprint density at radius 3 is 2.27 bits per heavy atom. The van der Waals surface area contributed by atoms with Crippen molar-refractivity contribution in [2.24, 2.45) is 0 Å². The van der Waals surface area contributed by atoms with E-state index in [9.17, 15) is 23.1 Å². The fourth-order valence-corrected chi connectivity index (χ4v) is 5.40. The van der Waals surface area contributed by atoms with Gasteiger partial charge in [-0.2, -0.15) is 0 Å². The van der Waals surface area contributed by atoms with Crippen LogP contribution >= 0.6 is 0 Å². The van der Waals surface area contributed by atoms with Crippen molar-refractivity contribution in [1.82, 2.24) is 20.0 Å². The summed E-state index contributed by atoms with van der Waals surface area (Å²) in [6, 6.07) is 10.4. The van der Waals surface area contributed by atoms with E-state index in [0.29, 0.717) is 36.9 Å². The first-order valence-electron chi connectivity index (χ1n) is 13.9. The average Bonchev–Trinajstić information content (AvgIpc) is 2.98. The number of benzene rings is 2. The molecule has 6 nitrogen and oxygen atoms in total. The maximum absolute atomic E-state index is 13.6. The lowest BCUT2D eigenvalue weighted by Crippen LogP contribution is -2.52. The van der Waals surface area contributed by atoms with E-state index in [0.717, 1.165) is 50.1 Å². The number of amides is 1. The Kier molecular flexibility index (Phi) is 10.5. The Balaban J connectivity index is 1.25. The first-order chi connectivity index (χ1) is 19.8. The molecule has 2 fully saturated rings. The summed E-state index contributed by atoms with van der Waals surface area (Å²) >= 11 is 0. The van der Waals surface area contributed by atoms with Gasteiger partial charge in [-0.25, -0.2) is 13.2 Å². The van der Waals surface area contributed by atoms with Crippen molar-refractivity contribution in [2.45, 2.75) is 38.9 Å². The fourth-order valence-electron chi connectivity index (χ4n) is 5.40. The minimum Gasteiger partial charge on any atom is -0.505 e. The summed E-state index contributed by atoms with van der Waals surface area (Å²) in [7, 11) is 0. The van der Waals surface area contributed by atoms with Gasteiger partial charge in [-0.05, 0) is 74.3 Å². The molecular weight excluding hydrogens is 529 g/mol. The van der Waals surface area contributed by atoms with E-state index in [1.165, 1.54) is 30.3 Å². The third-order valence-corrected chi connectivity index (χ3v) is 7.74. The number of rotatable bonds is 9. The lowest BCUT2D eigenvalue weighted by Gasteiger charge is -2.43. The van der Waals surface area contributed by atoms with E-state index in [-0.39, 0.29) is 24.0 Å². The van der Waals surface area contributed by atoms with Crippen LogP contribution in [0.1, 0.15) is 30.9 Å². The van der Waals surface area contributed by atoms with Gasteiger partial charge < -0.3 is 15.3 Å². The SMILES string of the molecule is C=C=C(/C(O)=C\C(=C/C)C(=O)NCc1ccc(F)cc1)N1CCN(C2CCN(Cc3ccc(F)c(F)c3)CC2)CC1. The van der Waals surface area contributed by atoms with E-state index in [1.54, 1.807) is 31.2 Å². The second-order valence-electron chi connectivity index (χ2n) is 10.4. The molecule has 1 amide bonds. The largest absolute Gasteiger partial charge is 0.505 e. The molecule has 2 aliphatic rings. The number of aliphatic hydroxyl groups is 1. The van der Waals surface area contributed by atoms with Gasteiger partial charge in [0.1, 0.15) is 17.3 Å². The van der Waals surface area contributed by atoms with Crippen LogP contribution in [0.3, 0.4) is 0 Å². The quantitative estimate of drug-likeness (QED) is 0.192. The minimum absolute atomic E-state index is 0.0796. The molecule has 0 bridgehead atoms. The number of allylic oxidation sites excluding steroid dienone is 1. The van der Waals surface area contributed by atoms with E-state index in [4.69, 9.17) is 0 Å². The molecule has 0 saturated carbocycles. The molecule has 2 heterocycles. The van der Waals surface area contributed by atoms with Crippen LogP contribution in [0, 0.1) is 17.5 Å². The maximum atomic E-state index is 13.6. The molecule has 9 heteroatoms. The number of nitrogens with zero attached hydrogens (tertiary/aromatic N) is 3. The third-order valence-electron chi connectivity index (χ3n) is 7.74. The van der Waals surface area contributed by atoms with E-state index in [1.807, 2.05) is 4.90 Å². The number of nitrogens with one attached hydrogen (secondary N) is 1.